The largest absolute Gasteiger partial charge is 0.493 e. The lowest BCUT2D eigenvalue weighted by Gasteiger charge is -2.26. The van der Waals surface area contributed by atoms with Gasteiger partial charge in [0.05, 0.1) is 12.6 Å². The summed E-state index contributed by atoms with van der Waals surface area (Å²) >= 11 is 0. The number of pyridine rings is 1. The Kier molecular flexibility index (Phi) is 7.98. The van der Waals surface area contributed by atoms with E-state index in [0.717, 1.165) is 89.0 Å². The molecule has 212 valence electrons. The van der Waals surface area contributed by atoms with E-state index in [9.17, 15) is 0 Å². The molecule has 2 aliphatic rings. The van der Waals surface area contributed by atoms with Crippen LogP contribution in [-0.2, 0) is 0 Å². The molecule has 40 heavy (non-hydrogen) atoms. The van der Waals surface area contributed by atoms with E-state index in [0.29, 0.717) is 24.8 Å². The van der Waals surface area contributed by atoms with Gasteiger partial charge in [-0.15, -0.1) is 0 Å². The highest BCUT2D eigenvalue weighted by atomic mass is 16.7. The van der Waals surface area contributed by atoms with Gasteiger partial charge >= 0.3 is 0 Å². The minimum absolute atomic E-state index is 0.235. The molecular weight excluding hydrogens is 506 g/mol. The fourth-order valence-electron chi connectivity index (χ4n) is 5.82. The summed E-state index contributed by atoms with van der Waals surface area (Å²) in [5.41, 5.74) is 0.871. The highest BCUT2D eigenvalue weighted by Gasteiger charge is 2.20. The Labute approximate surface area is 235 Å². The number of hydrogen-bond donors (Lipinski definition) is 0. The molecule has 3 aromatic carbocycles. The van der Waals surface area contributed by atoms with Crippen molar-refractivity contribution >= 4 is 32.4 Å². The predicted octanol–water partition coefficient (Wildman–Crippen LogP) is 5.86. The van der Waals surface area contributed by atoms with Crippen LogP contribution in [0.2, 0.25) is 0 Å². The van der Waals surface area contributed by atoms with E-state index in [4.69, 9.17) is 28.7 Å². The number of ether oxygens (including phenoxy) is 5. The average molecular weight is 546 g/mol. The lowest BCUT2D eigenvalue weighted by molar-refractivity contribution is 0.174. The topological polar surface area (TPSA) is 65.5 Å². The van der Waals surface area contributed by atoms with Crippen molar-refractivity contribution < 1.29 is 23.7 Å². The van der Waals surface area contributed by atoms with Crippen molar-refractivity contribution in [2.75, 3.05) is 66.4 Å². The molecule has 0 saturated carbocycles. The number of fused-ring (bicyclic) bond motifs is 6. The first-order valence-corrected chi connectivity index (χ1v) is 14.6. The summed E-state index contributed by atoms with van der Waals surface area (Å²) in [5.74, 6) is 3.51. The molecule has 8 heteroatoms. The minimum atomic E-state index is 0.235. The zero-order chi connectivity index (χ0) is 27.5. The van der Waals surface area contributed by atoms with Gasteiger partial charge in [-0.1, -0.05) is 32.4 Å². The van der Waals surface area contributed by atoms with Crippen LogP contribution >= 0.6 is 0 Å². The maximum Gasteiger partial charge on any atom is 0.231 e. The number of aromatic nitrogens is 1. The third kappa shape index (κ3) is 5.30. The van der Waals surface area contributed by atoms with Gasteiger partial charge in [0.2, 0.25) is 12.7 Å². The number of benzene rings is 3. The van der Waals surface area contributed by atoms with Crippen LogP contribution in [0.5, 0.6) is 28.9 Å². The Hall–Kier alpha value is -3.49. The summed E-state index contributed by atoms with van der Waals surface area (Å²) in [5, 5.41) is 5.02. The van der Waals surface area contributed by atoms with Gasteiger partial charge in [-0.3, -0.25) is 4.90 Å². The van der Waals surface area contributed by atoms with Crippen LogP contribution in [0.15, 0.2) is 36.4 Å². The number of rotatable bonds is 11. The molecule has 0 spiro atoms. The van der Waals surface area contributed by atoms with Crippen LogP contribution in [0.3, 0.4) is 0 Å². The van der Waals surface area contributed by atoms with Gasteiger partial charge in [-0.25, -0.2) is 4.98 Å². The molecule has 0 aliphatic carbocycles. The monoisotopic (exact) mass is 545 g/mol. The van der Waals surface area contributed by atoms with E-state index in [1.807, 2.05) is 18.2 Å². The van der Waals surface area contributed by atoms with Crippen molar-refractivity contribution in [3.05, 3.63) is 36.4 Å². The third-order valence-corrected chi connectivity index (χ3v) is 8.18. The standard InChI is InChI=1S/C32H39N3O5/c1-4-34(5-2)13-15-37-29-19-25-23-10-9-22-17-28-30(40-21-39-28)18-24(22)31(23)33-32(26(25)20-27(29)36-3)38-16-14-35-11-7-6-8-12-35/h9-10,17-20H,4-8,11-16,21H2,1-3H3. The fourth-order valence-corrected chi connectivity index (χ4v) is 5.82. The molecule has 2 aliphatic heterocycles. The third-order valence-electron chi connectivity index (χ3n) is 8.18. The van der Waals surface area contributed by atoms with Crippen LogP contribution in [0, 0.1) is 0 Å². The first-order valence-electron chi connectivity index (χ1n) is 14.6. The quantitative estimate of drug-likeness (QED) is 0.217. The van der Waals surface area contributed by atoms with Crippen molar-refractivity contribution in [2.24, 2.45) is 0 Å². The van der Waals surface area contributed by atoms with Crippen molar-refractivity contribution in [1.82, 2.24) is 14.8 Å². The number of piperidine rings is 1. The van der Waals surface area contributed by atoms with E-state index in [1.54, 1.807) is 7.11 Å². The number of hydrogen-bond acceptors (Lipinski definition) is 8. The molecule has 1 fully saturated rings. The van der Waals surface area contributed by atoms with Gasteiger partial charge in [-0.05, 0) is 68.7 Å². The van der Waals surface area contributed by atoms with E-state index in [-0.39, 0.29) is 6.79 Å². The van der Waals surface area contributed by atoms with Gasteiger partial charge in [0.15, 0.2) is 23.0 Å². The molecule has 8 nitrogen and oxygen atoms in total. The molecule has 6 rings (SSSR count). The molecule has 0 atom stereocenters. The van der Waals surface area contributed by atoms with Crippen molar-refractivity contribution in [1.29, 1.82) is 0 Å². The van der Waals surface area contributed by atoms with Gasteiger partial charge in [-0.2, -0.15) is 0 Å². The fraction of sp³-hybridized carbons (Fsp3) is 0.469. The van der Waals surface area contributed by atoms with Gasteiger partial charge in [0.25, 0.3) is 0 Å². The number of likely N-dealkylation sites (tertiary alicyclic amines) is 1. The number of methoxy groups -OCH3 is 1. The maximum absolute atomic E-state index is 6.44. The Morgan fingerprint density at radius 2 is 1.60 bits per heavy atom. The second kappa shape index (κ2) is 11.9. The normalized spacial score (nSPS) is 15.4. The first kappa shape index (κ1) is 26.7. The maximum atomic E-state index is 6.44. The molecular formula is C32H39N3O5. The number of nitrogens with zero attached hydrogens (tertiary/aromatic N) is 3. The number of likely N-dealkylation sites (N-methyl/N-ethyl adjacent to an activating group) is 1. The summed E-state index contributed by atoms with van der Waals surface area (Å²) in [7, 11) is 1.68. The van der Waals surface area contributed by atoms with E-state index < -0.39 is 0 Å². The molecule has 1 aromatic heterocycles. The Morgan fingerprint density at radius 1 is 0.825 bits per heavy atom. The van der Waals surface area contributed by atoms with E-state index in [1.165, 1.54) is 19.3 Å². The lowest BCUT2D eigenvalue weighted by atomic mass is 10.0. The molecule has 0 bridgehead atoms. The van der Waals surface area contributed by atoms with Crippen molar-refractivity contribution in [3.63, 3.8) is 0 Å². The van der Waals surface area contributed by atoms with E-state index in [2.05, 4.69) is 41.8 Å². The Balaban J connectivity index is 1.43. The molecule has 0 radical (unpaired) electrons. The predicted molar refractivity (Wildman–Crippen MR) is 158 cm³/mol. The molecule has 3 heterocycles. The lowest BCUT2D eigenvalue weighted by Crippen LogP contribution is -2.33. The van der Waals surface area contributed by atoms with E-state index >= 15 is 0 Å². The highest BCUT2D eigenvalue weighted by molar-refractivity contribution is 6.17. The highest BCUT2D eigenvalue weighted by Crippen LogP contribution is 2.43. The SMILES string of the molecule is CCN(CC)CCOc1cc2c(cc1OC)c(OCCN1CCCCC1)nc1c3cc4c(cc3ccc21)OCO4. The summed E-state index contributed by atoms with van der Waals surface area (Å²) in [6.45, 7) is 11.7. The van der Waals surface area contributed by atoms with Crippen LogP contribution < -0.4 is 23.7 Å². The van der Waals surface area contributed by atoms with Crippen molar-refractivity contribution in [3.8, 4) is 28.9 Å². The summed E-state index contributed by atoms with van der Waals surface area (Å²) < 4.78 is 29.9. The van der Waals surface area contributed by atoms with Crippen molar-refractivity contribution in [2.45, 2.75) is 33.1 Å². The summed E-state index contributed by atoms with van der Waals surface area (Å²) in [4.78, 5) is 9.93. The minimum Gasteiger partial charge on any atom is -0.493 e. The smallest absolute Gasteiger partial charge is 0.231 e. The van der Waals surface area contributed by atoms with Crippen LogP contribution in [0.1, 0.15) is 33.1 Å². The molecule has 0 unspecified atom stereocenters. The molecule has 1 saturated heterocycles. The zero-order valence-corrected chi connectivity index (χ0v) is 23.8. The van der Waals surface area contributed by atoms with Crippen LogP contribution in [0.25, 0.3) is 32.4 Å². The van der Waals surface area contributed by atoms with Crippen LogP contribution in [-0.4, -0.2) is 81.2 Å². The summed E-state index contributed by atoms with van der Waals surface area (Å²) in [6, 6.07) is 12.4. The second-order valence-electron chi connectivity index (χ2n) is 10.5. The Morgan fingerprint density at radius 3 is 2.38 bits per heavy atom. The molecule has 0 amide bonds. The molecule has 0 N–H and O–H groups in total. The van der Waals surface area contributed by atoms with Gasteiger partial charge in [0.1, 0.15) is 13.2 Å². The first-order chi connectivity index (χ1) is 19.7. The second-order valence-corrected chi connectivity index (χ2v) is 10.5. The summed E-state index contributed by atoms with van der Waals surface area (Å²) in [6.07, 6.45) is 3.83. The molecule has 4 aromatic rings. The van der Waals surface area contributed by atoms with Gasteiger partial charge in [0, 0.05) is 34.6 Å². The zero-order valence-electron chi connectivity index (χ0n) is 23.8. The Bertz CT molecular complexity index is 1500. The van der Waals surface area contributed by atoms with Crippen LogP contribution in [0.4, 0.5) is 0 Å². The van der Waals surface area contributed by atoms with Gasteiger partial charge < -0.3 is 28.6 Å². The average Bonchev–Trinajstić information content (AvgIpc) is 3.46.